The number of hydrogen-bond donors (Lipinski definition) is 4. The van der Waals surface area contributed by atoms with Gasteiger partial charge >= 0.3 is 18.0 Å². The fourth-order valence-corrected chi connectivity index (χ4v) is 11.3. The van der Waals surface area contributed by atoms with Crippen LogP contribution < -0.4 is 20.9 Å². The van der Waals surface area contributed by atoms with Crippen molar-refractivity contribution in [3.05, 3.63) is 112 Å². The zero-order chi connectivity index (χ0) is 64.0. The van der Waals surface area contributed by atoms with Crippen LogP contribution in [0.4, 0.5) is 10.5 Å². The first-order valence-electron chi connectivity index (χ1n) is 29.6. The number of allylic oxidation sites excluding steroid dienone is 3. The first kappa shape index (κ1) is 67.9. The summed E-state index contributed by atoms with van der Waals surface area (Å²) >= 11 is 6.81. The number of carbonyl (C=O) groups is 10. The SMILES string of the molecule is C/C1=C\C=C\C(C)C2(O)CC(OC(=O)N2)C(C)C2OC2(C)C(OC(=O)C(C)N(C)C(=O)COCC(=O)CCC(=O)NCC(=O)CCC(=O)NCCCC(=O)COCC(=O)OCC2c3ccccc3-c3ccccc32)CC(=O)N(C)c2cc(cc(C)c2Cl)C1. The third-order valence-electron chi connectivity index (χ3n) is 16.7. The third kappa shape index (κ3) is 17.8. The van der Waals surface area contributed by atoms with E-state index in [4.69, 9.17) is 40.0 Å². The molecule has 3 aromatic rings. The van der Waals surface area contributed by atoms with Gasteiger partial charge in [0, 0.05) is 76.9 Å². The van der Waals surface area contributed by atoms with Crippen molar-refractivity contribution in [3.8, 4) is 11.1 Å². The molecule has 0 spiro atoms. The molecule has 0 radical (unpaired) electrons. The van der Waals surface area contributed by atoms with Crippen molar-refractivity contribution in [1.29, 1.82) is 0 Å². The van der Waals surface area contributed by atoms with E-state index in [9.17, 15) is 53.1 Å². The van der Waals surface area contributed by atoms with E-state index in [1.54, 1.807) is 33.9 Å². The first-order valence-corrected chi connectivity index (χ1v) is 30.0. The van der Waals surface area contributed by atoms with Gasteiger partial charge in [0.1, 0.15) is 62.6 Å². The Kier molecular flexibility index (Phi) is 23.5. The summed E-state index contributed by atoms with van der Waals surface area (Å²) in [5, 5.41) is 19.8. The van der Waals surface area contributed by atoms with E-state index in [0.717, 1.165) is 43.9 Å². The highest BCUT2D eigenvalue weighted by atomic mass is 35.5. The van der Waals surface area contributed by atoms with Gasteiger partial charge in [-0.1, -0.05) is 104 Å². The van der Waals surface area contributed by atoms with Crippen molar-refractivity contribution in [2.45, 2.75) is 141 Å². The number of halogens is 1. The van der Waals surface area contributed by atoms with Crippen LogP contribution in [-0.4, -0.2) is 165 Å². The van der Waals surface area contributed by atoms with Gasteiger partial charge in [0.2, 0.25) is 23.6 Å². The Morgan fingerprint density at radius 3 is 2.16 bits per heavy atom. The lowest BCUT2D eigenvalue weighted by Gasteiger charge is -2.41. The van der Waals surface area contributed by atoms with Crippen LogP contribution in [0.2, 0.25) is 5.02 Å². The Balaban J connectivity index is 0.784. The van der Waals surface area contributed by atoms with Gasteiger partial charge < -0.3 is 54.0 Å². The number of likely N-dealkylation sites (N-methyl/N-ethyl adjacent to an activating group) is 1. The summed E-state index contributed by atoms with van der Waals surface area (Å²) in [7, 11) is 2.90. The van der Waals surface area contributed by atoms with Crippen LogP contribution in [0.15, 0.2) is 84.5 Å². The molecule has 0 saturated carbocycles. The van der Waals surface area contributed by atoms with Crippen molar-refractivity contribution in [2.24, 2.45) is 11.8 Å². The first-order chi connectivity index (χ1) is 41.8. The van der Waals surface area contributed by atoms with Crippen molar-refractivity contribution in [3.63, 3.8) is 0 Å². The van der Waals surface area contributed by atoms with Crippen LogP contribution in [0.3, 0.4) is 0 Å². The van der Waals surface area contributed by atoms with Crippen LogP contribution in [0.5, 0.6) is 0 Å². The van der Waals surface area contributed by atoms with Gasteiger partial charge in [0.15, 0.2) is 17.3 Å². The van der Waals surface area contributed by atoms with Crippen molar-refractivity contribution < 1.29 is 81.5 Å². The fourth-order valence-electron chi connectivity index (χ4n) is 11.0. The van der Waals surface area contributed by atoms with Gasteiger partial charge in [-0.15, -0.1) is 0 Å². The van der Waals surface area contributed by atoms with Gasteiger partial charge in [-0.25, -0.2) is 14.4 Å². The molecule has 3 aliphatic heterocycles. The fraction of sp³-hybridized carbons (Fsp3) is 0.508. The Morgan fingerprint density at radius 2 is 1.48 bits per heavy atom. The number of hydrogen-bond acceptors (Lipinski definition) is 17. The average molecular weight is 1240 g/mol. The van der Waals surface area contributed by atoms with Crippen molar-refractivity contribution >= 4 is 76.3 Å². The largest absolute Gasteiger partial charge is 0.463 e. The molecule has 0 aromatic heterocycles. The third-order valence-corrected chi connectivity index (χ3v) is 17.2. The van der Waals surface area contributed by atoms with Gasteiger partial charge in [-0.3, -0.25) is 38.9 Å². The number of epoxide rings is 1. The molecule has 8 atom stereocenters. The standard InChI is InChI=1S/C65H80ClN5O17/c1-38-15-13-16-40(3)65(82)31-53(86-63(81)69-65)41(4)61-64(6,88-61)54(30-57(77)71(8)52-29-43(27-38)28-39(2)60(52)66)87-62(80)42(5)70(7)58(78)36-83-34-46(74)23-25-56(76)68-32-44(72)22-24-55(75)67-26-14-17-45(73)33-84-37-59(79)85-35-51-49-20-11-9-18-47(49)48-19-10-12-21-50(48)51/h9-13,15-16,18-21,28-29,40-42,51,53-54,61,82H,14,17,22-27,30-37H2,1-8H3,(H,67,75)(H,68,76)(H,69,81)/b16-13+,38-15+. The number of nitrogens with zero attached hydrogens (tertiary/aromatic N) is 2. The quantitative estimate of drug-likeness (QED) is 0.0322. The molecule has 8 unspecified atom stereocenters. The summed E-state index contributed by atoms with van der Waals surface area (Å²) in [5.41, 5.74) is 4.40. The lowest BCUT2D eigenvalue weighted by atomic mass is 9.82. The average Bonchev–Trinajstić information content (AvgIpc) is 1.62. The zero-order valence-electron chi connectivity index (χ0n) is 51.1. The number of fused-ring (bicyclic) bond motifs is 8. The molecule has 23 heteroatoms. The van der Waals surface area contributed by atoms with E-state index in [-0.39, 0.29) is 89.6 Å². The number of ketones is 3. The maximum absolute atomic E-state index is 14.3. The number of nitrogens with one attached hydrogen (secondary N) is 3. The van der Waals surface area contributed by atoms with Crippen LogP contribution in [-0.2, 0) is 78.0 Å². The minimum Gasteiger partial charge on any atom is -0.463 e. The van der Waals surface area contributed by atoms with E-state index in [0.29, 0.717) is 23.6 Å². The van der Waals surface area contributed by atoms with Crippen LogP contribution in [0.1, 0.15) is 114 Å². The molecule has 3 aromatic carbocycles. The van der Waals surface area contributed by atoms with E-state index in [1.165, 1.54) is 18.9 Å². The molecule has 3 heterocycles. The number of anilines is 1. The summed E-state index contributed by atoms with van der Waals surface area (Å²) in [5.74, 6) is -6.10. The van der Waals surface area contributed by atoms with E-state index in [1.807, 2.05) is 86.7 Å². The highest BCUT2D eigenvalue weighted by Crippen LogP contribution is 2.50. The molecular formula is C65H80ClN5O17. The molecule has 1 aliphatic carbocycles. The van der Waals surface area contributed by atoms with E-state index >= 15 is 0 Å². The van der Waals surface area contributed by atoms with E-state index in [2.05, 4.69) is 16.0 Å². The van der Waals surface area contributed by atoms with Gasteiger partial charge in [0.05, 0.1) is 29.8 Å². The summed E-state index contributed by atoms with van der Waals surface area (Å²) in [6.07, 6.45) is 1.51. The second-order valence-electron chi connectivity index (χ2n) is 23.4. The lowest BCUT2D eigenvalue weighted by molar-refractivity contribution is -0.163. The van der Waals surface area contributed by atoms with Crippen LogP contribution in [0, 0.1) is 18.8 Å². The van der Waals surface area contributed by atoms with Crippen LogP contribution in [0.25, 0.3) is 11.1 Å². The van der Waals surface area contributed by atoms with E-state index < -0.39 is 114 Å². The number of aliphatic hydroxyl groups is 1. The zero-order valence-corrected chi connectivity index (χ0v) is 51.9. The summed E-state index contributed by atoms with van der Waals surface area (Å²) < 4.78 is 34.2. The molecule has 4 aliphatic rings. The highest BCUT2D eigenvalue weighted by molar-refractivity contribution is 6.34. The molecule has 2 fully saturated rings. The minimum absolute atomic E-state index is 0.00599. The van der Waals surface area contributed by atoms with Gasteiger partial charge in [-0.05, 0) is 80.0 Å². The van der Waals surface area contributed by atoms with Crippen molar-refractivity contribution in [2.75, 3.05) is 65.1 Å². The highest BCUT2D eigenvalue weighted by Gasteiger charge is 2.64. The molecular weight excluding hydrogens is 1160 g/mol. The maximum atomic E-state index is 14.3. The number of benzene rings is 3. The number of Topliss-reactive ketones (excluding diaryl/α,β-unsaturated/α-hetero) is 3. The number of amides is 5. The Labute approximate surface area is 517 Å². The number of aryl methyl sites for hydroxylation is 1. The minimum atomic E-state index is -1.68. The molecule has 5 amide bonds. The predicted octanol–water partition coefficient (Wildman–Crippen LogP) is 6.10. The number of ether oxygens (including phenoxy) is 6. The van der Waals surface area contributed by atoms with Crippen molar-refractivity contribution in [1.82, 2.24) is 20.9 Å². The Morgan fingerprint density at radius 1 is 0.852 bits per heavy atom. The smallest absolute Gasteiger partial charge is 0.409 e. The van der Waals surface area contributed by atoms with Gasteiger partial charge in [-0.2, -0.15) is 0 Å². The predicted molar refractivity (Wildman–Crippen MR) is 323 cm³/mol. The monoisotopic (exact) mass is 1240 g/mol. The Hall–Kier alpha value is -7.63. The molecule has 474 valence electrons. The normalized spacial score (nSPS) is 23.7. The number of alkyl carbamates (subject to hydrolysis) is 1. The maximum Gasteiger partial charge on any atom is 0.409 e. The number of esters is 2. The summed E-state index contributed by atoms with van der Waals surface area (Å²) in [6, 6.07) is 18.5. The topological polar surface area (TPSA) is 292 Å². The lowest BCUT2D eigenvalue weighted by Crippen LogP contribution is -2.60. The van der Waals surface area contributed by atoms with Gasteiger partial charge in [0.25, 0.3) is 0 Å². The molecule has 2 saturated heterocycles. The molecule has 22 nitrogen and oxygen atoms in total. The molecule has 4 bridgehead atoms. The molecule has 88 heavy (non-hydrogen) atoms. The van der Waals surface area contributed by atoms with Crippen LogP contribution >= 0.6 is 11.6 Å². The summed E-state index contributed by atoms with van der Waals surface area (Å²) in [6.45, 7) is 8.51. The summed E-state index contributed by atoms with van der Waals surface area (Å²) in [4.78, 5) is 132. The number of carbonyl (C=O) groups excluding carboxylic acids is 10. The second kappa shape index (κ2) is 30.5. The number of rotatable bonds is 25. The molecule has 4 N–H and O–H groups in total. The Bertz CT molecular complexity index is 3160. The molecule has 7 rings (SSSR count). The second-order valence-corrected chi connectivity index (χ2v) is 23.8.